The molecule has 7 heteroatoms. The van der Waals surface area contributed by atoms with Crippen molar-refractivity contribution in [2.24, 2.45) is 0 Å². The number of aromatic nitrogens is 3. The average molecular weight is 315 g/mol. The van der Waals surface area contributed by atoms with Crippen molar-refractivity contribution in [1.82, 2.24) is 25.4 Å². The molecule has 0 aliphatic carbocycles. The number of morpholine rings is 1. The van der Waals surface area contributed by atoms with Crippen molar-refractivity contribution in [2.75, 3.05) is 26.7 Å². The first-order valence-electron chi connectivity index (χ1n) is 7.69. The van der Waals surface area contributed by atoms with Crippen LogP contribution in [0, 0.1) is 6.92 Å². The fourth-order valence-corrected chi connectivity index (χ4v) is 2.67. The number of H-pyrrole nitrogens is 1. The van der Waals surface area contributed by atoms with Crippen molar-refractivity contribution in [1.29, 1.82) is 0 Å². The number of carbonyl (C=O) groups is 1. The topological polar surface area (TPSA) is 83.1 Å². The zero-order valence-corrected chi connectivity index (χ0v) is 13.4. The summed E-state index contributed by atoms with van der Waals surface area (Å²) in [4.78, 5) is 18.2. The van der Waals surface area contributed by atoms with Crippen molar-refractivity contribution in [3.63, 3.8) is 0 Å². The predicted octanol–water partition coefficient (Wildman–Crippen LogP) is 1.05. The monoisotopic (exact) mass is 315 g/mol. The summed E-state index contributed by atoms with van der Waals surface area (Å²) in [5.74, 6) is 1.44. The van der Waals surface area contributed by atoms with Crippen molar-refractivity contribution < 1.29 is 9.53 Å². The lowest BCUT2D eigenvalue weighted by molar-refractivity contribution is -0.0370. The van der Waals surface area contributed by atoms with Crippen LogP contribution < -0.4 is 5.32 Å². The van der Waals surface area contributed by atoms with Gasteiger partial charge in [-0.25, -0.2) is 4.98 Å². The molecule has 0 spiro atoms. The van der Waals surface area contributed by atoms with E-state index in [2.05, 4.69) is 25.4 Å². The quantitative estimate of drug-likeness (QED) is 0.881. The van der Waals surface area contributed by atoms with E-state index in [1.54, 1.807) is 7.05 Å². The number of hydrogen-bond donors (Lipinski definition) is 2. The molecule has 1 aliphatic rings. The molecular weight excluding hydrogens is 294 g/mol. The number of aromatic amines is 1. The van der Waals surface area contributed by atoms with E-state index in [4.69, 9.17) is 4.74 Å². The number of amides is 1. The maximum Gasteiger partial charge on any atom is 0.251 e. The molecule has 1 aromatic carbocycles. The van der Waals surface area contributed by atoms with E-state index >= 15 is 0 Å². The highest BCUT2D eigenvalue weighted by Gasteiger charge is 2.25. The standard InChI is InChI=1S/C16H21N5O2/c1-11-18-15(20-19-11)14-10-21(7-8-23-14)9-12-3-5-13(6-4-12)16(22)17-2/h3-6,14H,7-10H2,1-2H3,(H,17,22)(H,18,19,20). The molecule has 1 atom stereocenters. The fourth-order valence-electron chi connectivity index (χ4n) is 2.67. The first-order chi connectivity index (χ1) is 11.2. The van der Waals surface area contributed by atoms with Crippen LogP contribution in [0.3, 0.4) is 0 Å². The number of nitrogens with one attached hydrogen (secondary N) is 2. The number of hydrogen-bond acceptors (Lipinski definition) is 5. The lowest BCUT2D eigenvalue weighted by atomic mass is 10.1. The molecule has 1 saturated heterocycles. The minimum atomic E-state index is -0.0983. The zero-order valence-electron chi connectivity index (χ0n) is 13.4. The first-order valence-corrected chi connectivity index (χ1v) is 7.69. The molecule has 1 aromatic heterocycles. The van der Waals surface area contributed by atoms with Gasteiger partial charge >= 0.3 is 0 Å². The maximum absolute atomic E-state index is 11.6. The number of rotatable bonds is 4. The lowest BCUT2D eigenvalue weighted by Crippen LogP contribution is -2.38. The number of nitrogens with zero attached hydrogens (tertiary/aromatic N) is 3. The van der Waals surface area contributed by atoms with Crippen molar-refractivity contribution in [3.8, 4) is 0 Å². The van der Waals surface area contributed by atoms with E-state index in [0.29, 0.717) is 18.0 Å². The molecule has 1 amide bonds. The van der Waals surface area contributed by atoms with Crippen LogP contribution >= 0.6 is 0 Å². The molecule has 2 aromatic rings. The van der Waals surface area contributed by atoms with E-state index in [0.717, 1.165) is 25.5 Å². The second-order valence-corrected chi connectivity index (χ2v) is 5.65. The van der Waals surface area contributed by atoms with Gasteiger partial charge in [-0.3, -0.25) is 14.8 Å². The van der Waals surface area contributed by atoms with Gasteiger partial charge in [-0.15, -0.1) is 0 Å². The van der Waals surface area contributed by atoms with Crippen LogP contribution in [0.5, 0.6) is 0 Å². The highest BCUT2D eigenvalue weighted by Crippen LogP contribution is 2.20. The zero-order chi connectivity index (χ0) is 16.2. The Balaban J connectivity index is 1.62. The van der Waals surface area contributed by atoms with E-state index in [1.807, 2.05) is 31.2 Å². The summed E-state index contributed by atoms with van der Waals surface area (Å²) >= 11 is 0. The minimum absolute atomic E-state index is 0.0667. The maximum atomic E-state index is 11.6. The molecular formula is C16H21N5O2. The molecule has 0 radical (unpaired) electrons. The van der Waals surface area contributed by atoms with Crippen LogP contribution in [0.1, 0.15) is 33.7 Å². The smallest absolute Gasteiger partial charge is 0.251 e. The summed E-state index contributed by atoms with van der Waals surface area (Å²) < 4.78 is 5.77. The lowest BCUT2D eigenvalue weighted by Gasteiger charge is -2.31. The number of aryl methyl sites for hydroxylation is 1. The summed E-state index contributed by atoms with van der Waals surface area (Å²) in [6, 6.07) is 7.69. The SMILES string of the molecule is CNC(=O)c1ccc(CN2CCOC(c3n[nH]c(C)n3)C2)cc1. The molecule has 1 unspecified atom stereocenters. The van der Waals surface area contributed by atoms with Crippen molar-refractivity contribution in [3.05, 3.63) is 47.0 Å². The van der Waals surface area contributed by atoms with E-state index in [1.165, 1.54) is 5.56 Å². The van der Waals surface area contributed by atoms with Crippen LogP contribution in [0.2, 0.25) is 0 Å². The summed E-state index contributed by atoms with van der Waals surface area (Å²) in [6.45, 7) is 4.99. The van der Waals surface area contributed by atoms with Crippen LogP contribution in [-0.2, 0) is 11.3 Å². The predicted molar refractivity (Wildman–Crippen MR) is 84.9 cm³/mol. The van der Waals surface area contributed by atoms with Gasteiger partial charge < -0.3 is 10.1 Å². The largest absolute Gasteiger partial charge is 0.367 e. The molecule has 0 bridgehead atoms. The molecule has 122 valence electrons. The average Bonchev–Trinajstić information content (AvgIpc) is 3.02. The van der Waals surface area contributed by atoms with Gasteiger partial charge in [0.25, 0.3) is 5.91 Å². The van der Waals surface area contributed by atoms with E-state index in [-0.39, 0.29) is 12.0 Å². The van der Waals surface area contributed by atoms with Crippen molar-refractivity contribution in [2.45, 2.75) is 19.6 Å². The van der Waals surface area contributed by atoms with E-state index in [9.17, 15) is 4.79 Å². The molecule has 0 saturated carbocycles. The summed E-state index contributed by atoms with van der Waals surface area (Å²) in [5, 5.41) is 9.67. The van der Waals surface area contributed by atoms with Gasteiger partial charge in [-0.05, 0) is 24.6 Å². The number of ether oxygens (including phenoxy) is 1. The van der Waals surface area contributed by atoms with Gasteiger partial charge in [0.15, 0.2) is 5.82 Å². The highest BCUT2D eigenvalue weighted by molar-refractivity contribution is 5.93. The highest BCUT2D eigenvalue weighted by atomic mass is 16.5. The Hall–Kier alpha value is -2.25. The Bertz CT molecular complexity index is 667. The van der Waals surface area contributed by atoms with Gasteiger partial charge in [0, 0.05) is 32.2 Å². The van der Waals surface area contributed by atoms with Gasteiger partial charge in [0.05, 0.1) is 6.61 Å². The summed E-state index contributed by atoms with van der Waals surface area (Å²) in [7, 11) is 1.63. The molecule has 1 aliphatic heterocycles. The van der Waals surface area contributed by atoms with Crippen LogP contribution in [0.15, 0.2) is 24.3 Å². The second kappa shape index (κ2) is 6.89. The molecule has 3 rings (SSSR count). The fraction of sp³-hybridized carbons (Fsp3) is 0.438. The molecule has 2 N–H and O–H groups in total. The Kier molecular flexibility index (Phi) is 4.68. The van der Waals surface area contributed by atoms with Gasteiger partial charge in [-0.2, -0.15) is 5.10 Å². The molecule has 2 heterocycles. The second-order valence-electron chi connectivity index (χ2n) is 5.65. The van der Waals surface area contributed by atoms with E-state index < -0.39 is 0 Å². The third-order valence-electron chi connectivity index (χ3n) is 3.90. The van der Waals surface area contributed by atoms with Crippen molar-refractivity contribution >= 4 is 5.91 Å². The van der Waals surface area contributed by atoms with Gasteiger partial charge in [-0.1, -0.05) is 12.1 Å². The Morgan fingerprint density at radius 3 is 2.87 bits per heavy atom. The number of carbonyl (C=O) groups excluding carboxylic acids is 1. The Morgan fingerprint density at radius 2 is 2.22 bits per heavy atom. The molecule has 7 nitrogen and oxygen atoms in total. The van der Waals surface area contributed by atoms with Crippen LogP contribution in [0.4, 0.5) is 0 Å². The van der Waals surface area contributed by atoms with Gasteiger partial charge in [0.2, 0.25) is 0 Å². The summed E-state index contributed by atoms with van der Waals surface area (Å²) in [6.07, 6.45) is -0.0983. The Morgan fingerprint density at radius 1 is 1.43 bits per heavy atom. The first kappa shape index (κ1) is 15.6. The minimum Gasteiger partial charge on any atom is -0.367 e. The Labute approximate surface area is 135 Å². The third kappa shape index (κ3) is 3.75. The normalized spacial score (nSPS) is 18.8. The third-order valence-corrected chi connectivity index (χ3v) is 3.90. The van der Waals surface area contributed by atoms with Gasteiger partial charge in [0.1, 0.15) is 11.9 Å². The summed E-state index contributed by atoms with van der Waals surface area (Å²) in [5.41, 5.74) is 1.84. The molecule has 23 heavy (non-hydrogen) atoms. The number of benzene rings is 1. The molecule has 1 fully saturated rings. The van der Waals surface area contributed by atoms with Crippen LogP contribution in [-0.4, -0.2) is 52.7 Å². The van der Waals surface area contributed by atoms with Crippen LogP contribution in [0.25, 0.3) is 0 Å².